The molecule has 0 bridgehead atoms. The highest BCUT2D eigenvalue weighted by atomic mass is 16.1. The molecule has 6 heteroatoms. The van der Waals surface area contributed by atoms with Crippen molar-refractivity contribution < 1.29 is 4.79 Å². The molecule has 0 fully saturated rings. The van der Waals surface area contributed by atoms with E-state index in [2.05, 4.69) is 31.0 Å². The predicted molar refractivity (Wildman–Crippen MR) is 93.2 cm³/mol. The summed E-state index contributed by atoms with van der Waals surface area (Å²) in [6.45, 7) is 0. The first-order chi connectivity index (χ1) is 12.3. The quantitative estimate of drug-likeness (QED) is 0.569. The first-order valence-corrected chi connectivity index (χ1v) is 7.93. The van der Waals surface area contributed by atoms with Gasteiger partial charge in [-0.1, -0.05) is 6.07 Å². The molecule has 0 amide bonds. The number of pyridine rings is 2. The first kappa shape index (κ1) is 15.1. The van der Waals surface area contributed by atoms with E-state index in [4.69, 9.17) is 0 Å². The average Bonchev–Trinajstić information content (AvgIpc) is 3.07. The normalized spacial score (nSPS) is 10.9. The van der Waals surface area contributed by atoms with Crippen molar-refractivity contribution in [2.24, 2.45) is 0 Å². The van der Waals surface area contributed by atoms with E-state index in [1.807, 2.05) is 30.6 Å². The van der Waals surface area contributed by atoms with Crippen LogP contribution < -0.4 is 0 Å². The van der Waals surface area contributed by atoms with E-state index in [1.54, 1.807) is 12.4 Å². The summed E-state index contributed by atoms with van der Waals surface area (Å²) in [5, 5.41) is 1.12. The van der Waals surface area contributed by atoms with Crippen LogP contribution >= 0.6 is 0 Å². The summed E-state index contributed by atoms with van der Waals surface area (Å²) in [4.78, 5) is 32.0. The van der Waals surface area contributed by atoms with Gasteiger partial charge >= 0.3 is 0 Å². The first-order valence-electron chi connectivity index (χ1n) is 7.93. The number of aromatic amines is 1. The van der Waals surface area contributed by atoms with Gasteiger partial charge in [-0.15, -0.1) is 0 Å². The van der Waals surface area contributed by atoms with Gasteiger partial charge in [0, 0.05) is 48.5 Å². The smallest absolute Gasteiger partial charge is 0.188 e. The SMILES string of the molecule is O=C(Cc1ccc(Cc2c[nH]c3ncccc23)cn1)c1cnccn1. The molecule has 4 aromatic heterocycles. The molecule has 0 spiro atoms. The molecule has 0 saturated carbocycles. The number of carbonyl (C=O) groups excluding carboxylic acids is 1. The Balaban J connectivity index is 1.48. The van der Waals surface area contributed by atoms with Crippen LogP contribution in [0.15, 0.2) is 61.4 Å². The van der Waals surface area contributed by atoms with Crippen LogP contribution in [0.3, 0.4) is 0 Å². The average molecular weight is 329 g/mol. The number of rotatable bonds is 5. The highest BCUT2D eigenvalue weighted by Crippen LogP contribution is 2.19. The maximum Gasteiger partial charge on any atom is 0.188 e. The largest absolute Gasteiger partial charge is 0.346 e. The van der Waals surface area contributed by atoms with Crippen molar-refractivity contribution in [2.45, 2.75) is 12.8 Å². The molecule has 0 aliphatic rings. The van der Waals surface area contributed by atoms with E-state index in [1.165, 1.54) is 18.0 Å². The zero-order chi connectivity index (χ0) is 17.1. The zero-order valence-corrected chi connectivity index (χ0v) is 13.4. The number of carbonyl (C=O) groups is 1. The molecule has 6 nitrogen and oxygen atoms in total. The van der Waals surface area contributed by atoms with Gasteiger partial charge in [0.05, 0.1) is 12.6 Å². The second-order valence-corrected chi connectivity index (χ2v) is 5.74. The van der Waals surface area contributed by atoms with Gasteiger partial charge < -0.3 is 4.98 Å². The lowest BCUT2D eigenvalue weighted by Gasteiger charge is -2.03. The highest BCUT2D eigenvalue weighted by Gasteiger charge is 2.10. The maximum atomic E-state index is 12.1. The van der Waals surface area contributed by atoms with Gasteiger partial charge in [0.25, 0.3) is 0 Å². The fourth-order valence-corrected chi connectivity index (χ4v) is 2.74. The summed E-state index contributed by atoms with van der Waals surface area (Å²) >= 11 is 0. The van der Waals surface area contributed by atoms with Crippen molar-refractivity contribution >= 4 is 16.8 Å². The van der Waals surface area contributed by atoms with Crippen LogP contribution in [0.2, 0.25) is 0 Å². The molecule has 0 aliphatic carbocycles. The maximum absolute atomic E-state index is 12.1. The van der Waals surface area contributed by atoms with Crippen LogP contribution in [-0.2, 0) is 12.8 Å². The number of nitrogens with one attached hydrogen (secondary N) is 1. The van der Waals surface area contributed by atoms with Crippen LogP contribution in [0.4, 0.5) is 0 Å². The Morgan fingerprint density at radius 2 is 1.96 bits per heavy atom. The fraction of sp³-hybridized carbons (Fsp3) is 0.105. The second-order valence-electron chi connectivity index (χ2n) is 5.74. The lowest BCUT2D eigenvalue weighted by molar-refractivity contribution is 0.0987. The molecule has 0 radical (unpaired) electrons. The summed E-state index contributed by atoms with van der Waals surface area (Å²) in [5.41, 5.74) is 4.23. The van der Waals surface area contributed by atoms with Gasteiger partial charge in [-0.05, 0) is 29.3 Å². The summed E-state index contributed by atoms with van der Waals surface area (Å²) in [7, 11) is 0. The molecule has 4 aromatic rings. The highest BCUT2D eigenvalue weighted by molar-refractivity contribution is 5.95. The topological polar surface area (TPSA) is 84.4 Å². The molecule has 0 aromatic carbocycles. The van der Waals surface area contributed by atoms with Gasteiger partial charge in [0.1, 0.15) is 11.3 Å². The molecule has 4 heterocycles. The molecule has 0 atom stereocenters. The lowest BCUT2D eigenvalue weighted by Crippen LogP contribution is -2.07. The van der Waals surface area contributed by atoms with Crippen LogP contribution in [0, 0.1) is 0 Å². The monoisotopic (exact) mass is 329 g/mol. The summed E-state index contributed by atoms with van der Waals surface area (Å²) < 4.78 is 0. The van der Waals surface area contributed by atoms with Crippen molar-refractivity contribution in [3.05, 3.63) is 84.0 Å². The molecule has 1 N–H and O–H groups in total. The number of aromatic nitrogens is 5. The van der Waals surface area contributed by atoms with Gasteiger partial charge in [-0.2, -0.15) is 0 Å². The molecule has 4 rings (SSSR count). The van der Waals surface area contributed by atoms with Crippen LogP contribution in [0.25, 0.3) is 11.0 Å². The van der Waals surface area contributed by atoms with E-state index < -0.39 is 0 Å². The third kappa shape index (κ3) is 3.28. The van der Waals surface area contributed by atoms with Gasteiger partial charge in [-0.3, -0.25) is 14.8 Å². The number of ketones is 1. The fourth-order valence-electron chi connectivity index (χ4n) is 2.74. The van der Waals surface area contributed by atoms with Crippen LogP contribution in [-0.4, -0.2) is 30.7 Å². The number of fused-ring (bicyclic) bond motifs is 1. The summed E-state index contributed by atoms with van der Waals surface area (Å²) in [6, 6.07) is 7.87. The Bertz CT molecular complexity index is 1010. The Hall–Kier alpha value is -3.41. The Labute approximate surface area is 144 Å². The zero-order valence-electron chi connectivity index (χ0n) is 13.4. The molecular formula is C19H15N5O. The molecular weight excluding hydrogens is 314 g/mol. The van der Waals surface area contributed by atoms with E-state index in [9.17, 15) is 4.79 Å². The lowest BCUT2D eigenvalue weighted by atomic mass is 10.1. The van der Waals surface area contributed by atoms with E-state index in [-0.39, 0.29) is 12.2 Å². The molecule has 25 heavy (non-hydrogen) atoms. The number of hydrogen-bond acceptors (Lipinski definition) is 5. The summed E-state index contributed by atoms with van der Waals surface area (Å²) in [6.07, 6.45) is 11.1. The van der Waals surface area contributed by atoms with Crippen LogP contribution in [0.5, 0.6) is 0 Å². The summed E-state index contributed by atoms with van der Waals surface area (Å²) in [5.74, 6) is -0.0870. The van der Waals surface area contributed by atoms with Crippen molar-refractivity contribution in [3.63, 3.8) is 0 Å². The minimum absolute atomic E-state index is 0.0870. The van der Waals surface area contributed by atoms with Gasteiger partial charge in [-0.25, -0.2) is 9.97 Å². The Kier molecular flexibility index (Phi) is 4.00. The third-order valence-corrected chi connectivity index (χ3v) is 4.01. The van der Waals surface area contributed by atoms with E-state index in [0.717, 1.165) is 28.7 Å². The standard InChI is InChI=1S/C19H15N5O/c25-18(17-12-20-6-7-21-17)9-15-4-3-13(10-23-15)8-14-11-24-19-16(14)2-1-5-22-19/h1-7,10-12H,8-9H2,(H,22,24). The minimum Gasteiger partial charge on any atom is -0.346 e. The number of Topliss-reactive ketones (excluding diaryl/α,β-unsaturated/α-hetero) is 1. The van der Waals surface area contributed by atoms with Gasteiger partial charge in [0.2, 0.25) is 0 Å². The van der Waals surface area contributed by atoms with Crippen LogP contribution in [0.1, 0.15) is 27.3 Å². The predicted octanol–water partition coefficient (Wildman–Crippen LogP) is 2.76. The van der Waals surface area contributed by atoms with Crippen molar-refractivity contribution in [3.8, 4) is 0 Å². The van der Waals surface area contributed by atoms with Crippen molar-refractivity contribution in [1.82, 2.24) is 24.9 Å². The third-order valence-electron chi connectivity index (χ3n) is 4.01. The minimum atomic E-state index is -0.0870. The van der Waals surface area contributed by atoms with Gasteiger partial charge in [0.15, 0.2) is 5.78 Å². The van der Waals surface area contributed by atoms with E-state index in [0.29, 0.717) is 5.69 Å². The number of H-pyrrole nitrogens is 1. The van der Waals surface area contributed by atoms with Crippen molar-refractivity contribution in [1.29, 1.82) is 0 Å². The molecule has 0 saturated heterocycles. The molecule has 0 aliphatic heterocycles. The second kappa shape index (κ2) is 6.60. The van der Waals surface area contributed by atoms with Crippen molar-refractivity contribution in [2.75, 3.05) is 0 Å². The number of hydrogen-bond donors (Lipinski definition) is 1. The van der Waals surface area contributed by atoms with E-state index >= 15 is 0 Å². The Morgan fingerprint density at radius 1 is 1.00 bits per heavy atom. The molecule has 0 unspecified atom stereocenters. The number of nitrogens with zero attached hydrogens (tertiary/aromatic N) is 4. The Morgan fingerprint density at radius 3 is 2.76 bits per heavy atom. The molecule has 122 valence electrons.